The van der Waals surface area contributed by atoms with Crippen LogP contribution in [0.15, 0.2) is 18.2 Å². The highest BCUT2D eigenvalue weighted by Crippen LogP contribution is 2.56. The van der Waals surface area contributed by atoms with E-state index in [1.165, 1.54) is 6.42 Å². The van der Waals surface area contributed by atoms with Gasteiger partial charge in [-0.15, -0.1) is 0 Å². The lowest BCUT2D eigenvalue weighted by atomic mass is 9.50. The summed E-state index contributed by atoms with van der Waals surface area (Å²) in [5.74, 6) is -1.95. The summed E-state index contributed by atoms with van der Waals surface area (Å²) in [6.07, 6.45) is 4.61. The Bertz CT molecular complexity index is 923. The highest BCUT2D eigenvalue weighted by molar-refractivity contribution is 6.23. The first-order chi connectivity index (χ1) is 13.4. The summed E-state index contributed by atoms with van der Waals surface area (Å²) in [5, 5.41) is 5.69. The molecule has 3 atom stereocenters. The summed E-state index contributed by atoms with van der Waals surface area (Å²) in [6.45, 7) is 0. The molecule has 3 fully saturated rings. The van der Waals surface area contributed by atoms with Crippen LogP contribution in [-0.4, -0.2) is 46.7 Å². The number of amides is 4. The van der Waals surface area contributed by atoms with Crippen molar-refractivity contribution in [2.75, 3.05) is 5.32 Å². The van der Waals surface area contributed by atoms with Crippen LogP contribution in [0.1, 0.15) is 59.2 Å². The van der Waals surface area contributed by atoms with Gasteiger partial charge in [0.2, 0.25) is 11.8 Å². The molecule has 8 heteroatoms. The first kappa shape index (κ1) is 17.4. The Hall–Kier alpha value is -2.74. The van der Waals surface area contributed by atoms with Gasteiger partial charge < -0.3 is 11.1 Å². The van der Waals surface area contributed by atoms with E-state index >= 15 is 0 Å². The van der Waals surface area contributed by atoms with Gasteiger partial charge in [-0.1, -0.05) is 6.42 Å². The van der Waals surface area contributed by atoms with Crippen molar-refractivity contribution in [2.45, 2.75) is 56.7 Å². The van der Waals surface area contributed by atoms with Crippen molar-refractivity contribution in [1.29, 1.82) is 0 Å². The molecule has 0 bridgehead atoms. The number of nitrogens with one attached hydrogen (secondary N) is 2. The van der Waals surface area contributed by atoms with Gasteiger partial charge in [0.05, 0.1) is 11.1 Å². The van der Waals surface area contributed by atoms with Gasteiger partial charge in [-0.2, -0.15) is 0 Å². The molecule has 146 valence electrons. The third kappa shape index (κ3) is 2.27. The molecule has 4 aliphatic rings. The number of carbonyl (C=O) groups excluding carboxylic acids is 4. The lowest BCUT2D eigenvalue weighted by Gasteiger charge is -2.60. The van der Waals surface area contributed by atoms with Crippen LogP contribution in [0.5, 0.6) is 0 Å². The third-order valence-electron chi connectivity index (χ3n) is 6.99. The number of imide groups is 2. The number of nitrogens with zero attached hydrogens (tertiary/aromatic N) is 1. The molecule has 8 nitrogen and oxygen atoms in total. The van der Waals surface area contributed by atoms with E-state index in [-0.39, 0.29) is 36.2 Å². The Kier molecular flexibility index (Phi) is 3.64. The fourth-order valence-electron chi connectivity index (χ4n) is 5.09. The van der Waals surface area contributed by atoms with Crippen LogP contribution < -0.4 is 16.4 Å². The van der Waals surface area contributed by atoms with Crippen LogP contribution in [0.25, 0.3) is 0 Å². The molecule has 28 heavy (non-hydrogen) atoms. The Morgan fingerprint density at radius 2 is 1.86 bits per heavy atom. The lowest BCUT2D eigenvalue weighted by molar-refractivity contribution is -0.136. The van der Waals surface area contributed by atoms with Crippen LogP contribution >= 0.6 is 0 Å². The summed E-state index contributed by atoms with van der Waals surface area (Å²) in [7, 11) is 0. The Morgan fingerprint density at radius 1 is 1.11 bits per heavy atom. The van der Waals surface area contributed by atoms with Crippen molar-refractivity contribution in [3.05, 3.63) is 29.3 Å². The van der Waals surface area contributed by atoms with Crippen molar-refractivity contribution in [3.8, 4) is 0 Å². The molecular weight excluding hydrogens is 360 g/mol. The molecule has 2 heterocycles. The highest BCUT2D eigenvalue weighted by Gasteiger charge is 2.56. The average Bonchev–Trinajstić information content (AvgIpc) is 2.84. The minimum absolute atomic E-state index is 0.112. The van der Waals surface area contributed by atoms with Crippen molar-refractivity contribution >= 4 is 29.3 Å². The van der Waals surface area contributed by atoms with Crippen LogP contribution in [0.4, 0.5) is 5.69 Å². The molecule has 1 aromatic carbocycles. The monoisotopic (exact) mass is 382 g/mol. The molecule has 2 aliphatic heterocycles. The number of benzene rings is 1. The largest absolute Gasteiger partial charge is 0.382 e. The molecule has 0 radical (unpaired) electrons. The standard InChI is InChI=1S/C20H22N4O4/c21-14-9-15(20(14)6-1-7-20)22-10-2-3-11-12(8-10)19(28)24(18(11)27)13-4-5-16(25)23-17(13)26/h2-3,8,13-15,22H,1,4-7,9,21H2,(H,23,25,26). The van der Waals surface area contributed by atoms with Crippen molar-refractivity contribution in [2.24, 2.45) is 11.1 Å². The number of carbonyl (C=O) groups is 4. The zero-order valence-corrected chi connectivity index (χ0v) is 15.4. The summed E-state index contributed by atoms with van der Waals surface area (Å²) in [4.78, 5) is 50.1. The average molecular weight is 382 g/mol. The zero-order chi connectivity index (χ0) is 19.6. The second-order valence-corrected chi connectivity index (χ2v) is 8.33. The first-order valence-corrected chi connectivity index (χ1v) is 9.78. The quantitative estimate of drug-likeness (QED) is 0.664. The summed E-state index contributed by atoms with van der Waals surface area (Å²) in [5.41, 5.74) is 7.75. The molecule has 2 aliphatic carbocycles. The molecule has 4 amide bonds. The van der Waals surface area contributed by atoms with E-state index in [1.807, 2.05) is 0 Å². The molecular formula is C20H22N4O4. The molecule has 4 N–H and O–H groups in total. The van der Waals surface area contributed by atoms with Gasteiger partial charge in [-0.05, 0) is 43.9 Å². The number of piperidine rings is 1. The fraction of sp³-hybridized carbons (Fsp3) is 0.500. The van der Waals surface area contributed by atoms with Crippen LogP contribution in [0.2, 0.25) is 0 Å². The van der Waals surface area contributed by atoms with Gasteiger partial charge in [-0.25, -0.2) is 0 Å². The lowest BCUT2D eigenvalue weighted by Crippen LogP contribution is -2.67. The molecule has 1 spiro atoms. The summed E-state index contributed by atoms with van der Waals surface area (Å²) in [6, 6.07) is 4.69. The van der Waals surface area contributed by atoms with E-state index in [1.54, 1.807) is 18.2 Å². The van der Waals surface area contributed by atoms with E-state index < -0.39 is 23.8 Å². The van der Waals surface area contributed by atoms with Gasteiger partial charge >= 0.3 is 0 Å². The molecule has 3 unspecified atom stereocenters. The third-order valence-corrected chi connectivity index (χ3v) is 6.99. The first-order valence-electron chi connectivity index (χ1n) is 9.78. The number of fused-ring (bicyclic) bond motifs is 1. The maximum absolute atomic E-state index is 12.9. The highest BCUT2D eigenvalue weighted by atomic mass is 16.2. The summed E-state index contributed by atoms with van der Waals surface area (Å²) < 4.78 is 0. The molecule has 5 rings (SSSR count). The number of hydrogen-bond acceptors (Lipinski definition) is 6. The smallest absolute Gasteiger partial charge is 0.262 e. The minimum atomic E-state index is -0.940. The van der Waals surface area contributed by atoms with E-state index in [9.17, 15) is 19.2 Å². The van der Waals surface area contributed by atoms with Gasteiger partial charge in [0.15, 0.2) is 0 Å². The van der Waals surface area contributed by atoms with Gasteiger partial charge in [0.1, 0.15) is 6.04 Å². The SMILES string of the molecule is NC1CC(Nc2ccc3c(c2)C(=O)N(C2CCC(=O)NC2=O)C3=O)C12CCC2. The van der Waals surface area contributed by atoms with E-state index in [4.69, 9.17) is 5.73 Å². The van der Waals surface area contributed by atoms with Crippen molar-refractivity contribution in [1.82, 2.24) is 10.2 Å². The fourth-order valence-corrected chi connectivity index (χ4v) is 5.09. The Balaban J connectivity index is 1.38. The van der Waals surface area contributed by atoms with Crippen LogP contribution in [0.3, 0.4) is 0 Å². The maximum Gasteiger partial charge on any atom is 0.262 e. The number of rotatable bonds is 3. The van der Waals surface area contributed by atoms with Gasteiger partial charge in [0.25, 0.3) is 11.8 Å². The number of hydrogen-bond donors (Lipinski definition) is 3. The van der Waals surface area contributed by atoms with E-state index in [0.29, 0.717) is 11.1 Å². The topological polar surface area (TPSA) is 122 Å². The Morgan fingerprint density at radius 3 is 2.50 bits per heavy atom. The number of nitrogens with two attached hydrogens (primary N) is 1. The zero-order valence-electron chi connectivity index (χ0n) is 15.4. The van der Waals surface area contributed by atoms with E-state index in [2.05, 4.69) is 10.6 Å². The van der Waals surface area contributed by atoms with E-state index in [0.717, 1.165) is 29.8 Å². The summed E-state index contributed by atoms with van der Waals surface area (Å²) >= 11 is 0. The maximum atomic E-state index is 12.9. The Labute approximate surface area is 161 Å². The predicted molar refractivity (Wildman–Crippen MR) is 99.4 cm³/mol. The normalized spacial score (nSPS) is 30.6. The van der Waals surface area contributed by atoms with Crippen molar-refractivity contribution in [3.63, 3.8) is 0 Å². The van der Waals surface area contributed by atoms with Crippen LogP contribution in [-0.2, 0) is 9.59 Å². The molecule has 0 aromatic heterocycles. The van der Waals surface area contributed by atoms with Gasteiger partial charge in [0, 0.05) is 29.6 Å². The van der Waals surface area contributed by atoms with Gasteiger partial charge in [-0.3, -0.25) is 29.4 Å². The molecule has 1 saturated heterocycles. The molecule has 2 saturated carbocycles. The molecule has 1 aromatic rings. The second kappa shape index (κ2) is 5.88. The second-order valence-electron chi connectivity index (χ2n) is 8.33. The van der Waals surface area contributed by atoms with Crippen LogP contribution in [0, 0.1) is 5.41 Å². The minimum Gasteiger partial charge on any atom is -0.382 e. The predicted octanol–water partition coefficient (Wildman–Crippen LogP) is 0.770. The number of anilines is 1. The van der Waals surface area contributed by atoms with Crippen molar-refractivity contribution < 1.29 is 19.2 Å².